The van der Waals surface area contributed by atoms with Gasteiger partial charge >= 0.3 is 0 Å². The fourth-order valence-electron chi connectivity index (χ4n) is 1.53. The molecule has 0 saturated heterocycles. The van der Waals surface area contributed by atoms with Crippen molar-refractivity contribution in [1.29, 1.82) is 0 Å². The second-order valence-electron chi connectivity index (χ2n) is 3.89. The summed E-state index contributed by atoms with van der Waals surface area (Å²) >= 11 is 0. The Morgan fingerprint density at radius 2 is 2.11 bits per heavy atom. The first-order chi connectivity index (χ1) is 9.08. The number of furan rings is 1. The highest BCUT2D eigenvalue weighted by Gasteiger charge is 2.12. The van der Waals surface area contributed by atoms with Crippen molar-refractivity contribution in [3.63, 3.8) is 0 Å². The zero-order chi connectivity index (χ0) is 13.8. The van der Waals surface area contributed by atoms with Gasteiger partial charge in [-0.2, -0.15) is 0 Å². The van der Waals surface area contributed by atoms with E-state index in [-0.39, 0.29) is 35.2 Å². The highest BCUT2D eigenvalue weighted by Crippen LogP contribution is 2.17. The van der Waals surface area contributed by atoms with Crippen molar-refractivity contribution >= 4 is 11.6 Å². The topological polar surface area (TPSA) is 56.5 Å². The van der Waals surface area contributed by atoms with Gasteiger partial charge in [0.25, 0.3) is 0 Å². The van der Waals surface area contributed by atoms with E-state index in [4.69, 9.17) is 9.15 Å². The van der Waals surface area contributed by atoms with Crippen LogP contribution >= 0.6 is 0 Å². The molecule has 1 heterocycles. The molecule has 4 nitrogen and oxygen atoms in total. The van der Waals surface area contributed by atoms with E-state index in [1.165, 1.54) is 31.4 Å². The largest absolute Gasteiger partial charge is 0.485 e. The Balaban J connectivity index is 2.02. The molecule has 0 spiro atoms. The predicted molar refractivity (Wildman–Crippen MR) is 64.9 cm³/mol. The molecule has 19 heavy (non-hydrogen) atoms. The van der Waals surface area contributed by atoms with Gasteiger partial charge in [0.2, 0.25) is 5.78 Å². The third kappa shape index (κ3) is 3.07. The van der Waals surface area contributed by atoms with Gasteiger partial charge in [-0.25, -0.2) is 4.39 Å². The lowest BCUT2D eigenvalue weighted by Crippen LogP contribution is -2.11. The van der Waals surface area contributed by atoms with Gasteiger partial charge in [-0.3, -0.25) is 9.59 Å². The summed E-state index contributed by atoms with van der Waals surface area (Å²) in [6, 6.07) is 6.95. The van der Waals surface area contributed by atoms with E-state index in [9.17, 15) is 14.0 Å². The molecule has 2 rings (SSSR count). The summed E-state index contributed by atoms with van der Waals surface area (Å²) in [6.07, 6.45) is 1.38. The molecule has 1 aromatic heterocycles. The quantitative estimate of drug-likeness (QED) is 0.777. The number of carbonyl (C=O) groups is 2. The Kier molecular flexibility index (Phi) is 3.75. The summed E-state index contributed by atoms with van der Waals surface area (Å²) in [5.41, 5.74) is -0.00953. The van der Waals surface area contributed by atoms with Crippen LogP contribution in [0.1, 0.15) is 27.8 Å². The number of ketones is 2. The fraction of sp³-hybridized carbons (Fsp3) is 0.143. The third-order valence-corrected chi connectivity index (χ3v) is 2.49. The molecule has 0 bridgehead atoms. The maximum Gasteiger partial charge on any atom is 0.235 e. The molecular formula is C14H11FO4. The summed E-state index contributed by atoms with van der Waals surface area (Å²) in [6.45, 7) is 1.02. The van der Waals surface area contributed by atoms with Crippen LogP contribution in [0.3, 0.4) is 0 Å². The van der Waals surface area contributed by atoms with Crippen molar-refractivity contribution in [2.75, 3.05) is 6.61 Å². The fourth-order valence-corrected chi connectivity index (χ4v) is 1.53. The number of hydrogen-bond donors (Lipinski definition) is 0. The van der Waals surface area contributed by atoms with Gasteiger partial charge < -0.3 is 9.15 Å². The number of Topliss-reactive ketones (excluding diaryl/α,β-unsaturated/α-hetero) is 2. The molecule has 5 heteroatoms. The van der Waals surface area contributed by atoms with E-state index < -0.39 is 5.82 Å². The van der Waals surface area contributed by atoms with Crippen molar-refractivity contribution in [3.8, 4) is 5.75 Å². The van der Waals surface area contributed by atoms with Crippen molar-refractivity contribution in [2.24, 2.45) is 0 Å². The van der Waals surface area contributed by atoms with E-state index in [0.717, 1.165) is 6.07 Å². The van der Waals surface area contributed by atoms with Crippen molar-refractivity contribution in [1.82, 2.24) is 0 Å². The molecule has 1 aromatic carbocycles. The summed E-state index contributed by atoms with van der Waals surface area (Å²) in [5, 5.41) is 0. The SMILES string of the molecule is CC(=O)c1ccc(OCC(=O)c2ccco2)cc1F. The molecule has 0 radical (unpaired) electrons. The monoisotopic (exact) mass is 262 g/mol. The van der Waals surface area contributed by atoms with E-state index in [2.05, 4.69) is 0 Å². The molecule has 0 aliphatic carbocycles. The lowest BCUT2D eigenvalue weighted by Gasteiger charge is -2.06. The van der Waals surface area contributed by atoms with Crippen molar-refractivity contribution < 1.29 is 23.1 Å². The van der Waals surface area contributed by atoms with Gasteiger partial charge in [0.15, 0.2) is 18.2 Å². The Labute approximate surface area is 108 Å². The first-order valence-corrected chi connectivity index (χ1v) is 5.58. The molecule has 0 fully saturated rings. The normalized spacial score (nSPS) is 10.2. The van der Waals surface area contributed by atoms with Crippen LogP contribution in [-0.4, -0.2) is 18.2 Å². The second-order valence-corrected chi connectivity index (χ2v) is 3.89. The van der Waals surface area contributed by atoms with Crippen LogP contribution in [0.4, 0.5) is 4.39 Å². The summed E-state index contributed by atoms with van der Waals surface area (Å²) in [4.78, 5) is 22.6. The van der Waals surface area contributed by atoms with Crippen LogP contribution in [0.15, 0.2) is 41.0 Å². The van der Waals surface area contributed by atoms with Crippen LogP contribution in [-0.2, 0) is 0 Å². The molecule has 0 N–H and O–H groups in total. The Morgan fingerprint density at radius 3 is 2.68 bits per heavy atom. The van der Waals surface area contributed by atoms with E-state index in [1.807, 2.05) is 0 Å². The van der Waals surface area contributed by atoms with Gasteiger partial charge in [0, 0.05) is 6.07 Å². The van der Waals surface area contributed by atoms with Gasteiger partial charge in [-0.1, -0.05) is 0 Å². The van der Waals surface area contributed by atoms with Gasteiger partial charge in [0.05, 0.1) is 11.8 Å². The number of benzene rings is 1. The predicted octanol–water partition coefficient (Wildman–Crippen LogP) is 2.88. The zero-order valence-electron chi connectivity index (χ0n) is 10.2. The molecule has 0 saturated carbocycles. The number of ether oxygens (including phenoxy) is 1. The molecule has 0 aliphatic rings. The Morgan fingerprint density at radius 1 is 1.32 bits per heavy atom. The molecule has 0 amide bonds. The highest BCUT2D eigenvalue weighted by atomic mass is 19.1. The summed E-state index contributed by atoms with van der Waals surface area (Å²) < 4.78 is 23.6. The number of hydrogen-bond acceptors (Lipinski definition) is 4. The van der Waals surface area contributed by atoms with Crippen LogP contribution < -0.4 is 4.74 Å². The molecule has 0 atom stereocenters. The van der Waals surface area contributed by atoms with Gasteiger partial charge in [-0.05, 0) is 31.2 Å². The van der Waals surface area contributed by atoms with E-state index in [0.29, 0.717) is 0 Å². The Bertz CT molecular complexity index is 602. The van der Waals surface area contributed by atoms with Crippen LogP contribution in [0.25, 0.3) is 0 Å². The van der Waals surface area contributed by atoms with Crippen LogP contribution in [0, 0.1) is 5.82 Å². The maximum absolute atomic E-state index is 13.5. The van der Waals surface area contributed by atoms with Gasteiger partial charge in [-0.15, -0.1) is 0 Å². The zero-order valence-corrected chi connectivity index (χ0v) is 10.2. The lowest BCUT2D eigenvalue weighted by atomic mass is 10.1. The first kappa shape index (κ1) is 13.0. The van der Waals surface area contributed by atoms with Crippen LogP contribution in [0.5, 0.6) is 5.75 Å². The first-order valence-electron chi connectivity index (χ1n) is 5.58. The number of halogens is 1. The second kappa shape index (κ2) is 5.48. The lowest BCUT2D eigenvalue weighted by molar-refractivity contribution is 0.0892. The summed E-state index contributed by atoms with van der Waals surface area (Å²) in [7, 11) is 0. The van der Waals surface area contributed by atoms with E-state index >= 15 is 0 Å². The maximum atomic E-state index is 13.5. The van der Waals surface area contributed by atoms with E-state index in [1.54, 1.807) is 6.07 Å². The minimum absolute atomic E-state index is 0.00953. The average molecular weight is 262 g/mol. The molecular weight excluding hydrogens is 251 g/mol. The third-order valence-electron chi connectivity index (χ3n) is 2.49. The van der Waals surface area contributed by atoms with Gasteiger partial charge in [0.1, 0.15) is 11.6 Å². The molecule has 98 valence electrons. The minimum Gasteiger partial charge on any atom is -0.485 e. The average Bonchev–Trinajstić information content (AvgIpc) is 2.89. The Hall–Kier alpha value is -2.43. The highest BCUT2D eigenvalue weighted by molar-refractivity contribution is 5.95. The molecule has 0 unspecified atom stereocenters. The van der Waals surface area contributed by atoms with Crippen molar-refractivity contribution in [3.05, 3.63) is 53.7 Å². The smallest absolute Gasteiger partial charge is 0.235 e. The number of carbonyl (C=O) groups excluding carboxylic acids is 2. The molecule has 0 aliphatic heterocycles. The van der Waals surface area contributed by atoms with Crippen LogP contribution in [0.2, 0.25) is 0 Å². The van der Waals surface area contributed by atoms with Crippen molar-refractivity contribution in [2.45, 2.75) is 6.92 Å². The summed E-state index contributed by atoms with van der Waals surface area (Å²) in [5.74, 6) is -1.02. The number of rotatable bonds is 5. The minimum atomic E-state index is -0.671. The molecule has 2 aromatic rings. The standard InChI is InChI=1S/C14H11FO4/c1-9(16)11-5-4-10(7-12(11)15)19-8-13(17)14-3-2-6-18-14/h2-7H,8H2,1H3.